The minimum Gasteiger partial charge on any atom is -0.465 e. The molecule has 0 bridgehead atoms. The van der Waals surface area contributed by atoms with Crippen LogP contribution in [0.3, 0.4) is 0 Å². The van der Waals surface area contributed by atoms with Gasteiger partial charge in [-0.1, -0.05) is 13.8 Å². The van der Waals surface area contributed by atoms with Crippen LogP contribution in [0.25, 0.3) is 0 Å². The second-order valence-electron chi connectivity index (χ2n) is 6.08. The lowest BCUT2D eigenvalue weighted by Crippen LogP contribution is -2.30. The number of amides is 1. The van der Waals surface area contributed by atoms with Crippen LogP contribution in [0, 0.1) is 11.8 Å². The summed E-state index contributed by atoms with van der Waals surface area (Å²) in [6, 6.07) is -0.250. The maximum atomic E-state index is 10.9. The van der Waals surface area contributed by atoms with Gasteiger partial charge in [0.05, 0.1) is 18.1 Å². The van der Waals surface area contributed by atoms with Gasteiger partial charge in [0, 0.05) is 19.3 Å². The molecule has 112 valence electrons. The smallest absolute Gasteiger partial charge is 0.405 e. The summed E-state index contributed by atoms with van der Waals surface area (Å²) in [4.78, 5) is 17.6. The highest BCUT2D eigenvalue weighted by atomic mass is 16.4. The van der Waals surface area contributed by atoms with Gasteiger partial charge >= 0.3 is 6.09 Å². The van der Waals surface area contributed by atoms with Gasteiger partial charge in [-0.25, -0.2) is 9.78 Å². The molecule has 6 nitrogen and oxygen atoms in total. The van der Waals surface area contributed by atoms with Gasteiger partial charge in [-0.2, -0.15) is 0 Å². The number of imidazole rings is 1. The van der Waals surface area contributed by atoms with Gasteiger partial charge in [0.25, 0.3) is 0 Å². The van der Waals surface area contributed by atoms with E-state index in [1.165, 1.54) is 6.42 Å². The minimum atomic E-state index is -1.00. The molecule has 1 aromatic rings. The Balaban J connectivity index is 2.01. The molecule has 1 aliphatic heterocycles. The number of hydrogen-bond donors (Lipinski definition) is 2. The molecule has 0 spiro atoms. The van der Waals surface area contributed by atoms with E-state index in [0.29, 0.717) is 5.92 Å². The molecule has 1 unspecified atom stereocenters. The average molecular weight is 280 g/mol. The second-order valence-corrected chi connectivity index (χ2v) is 6.08. The van der Waals surface area contributed by atoms with E-state index in [0.717, 1.165) is 25.3 Å². The van der Waals surface area contributed by atoms with Crippen LogP contribution in [0.2, 0.25) is 0 Å². The summed E-state index contributed by atoms with van der Waals surface area (Å²) in [7, 11) is 2.14. The van der Waals surface area contributed by atoms with Gasteiger partial charge in [-0.15, -0.1) is 0 Å². The van der Waals surface area contributed by atoms with Gasteiger partial charge in [0.1, 0.15) is 0 Å². The first-order valence-corrected chi connectivity index (χ1v) is 7.15. The van der Waals surface area contributed by atoms with Crippen LogP contribution in [0.4, 0.5) is 4.79 Å². The molecule has 1 amide bonds. The predicted molar refractivity (Wildman–Crippen MR) is 76.6 cm³/mol. The molecule has 2 N–H and O–H groups in total. The number of carbonyl (C=O) groups is 1. The molecule has 0 radical (unpaired) electrons. The molecule has 1 fully saturated rings. The molecular weight excluding hydrogens is 256 g/mol. The van der Waals surface area contributed by atoms with Gasteiger partial charge < -0.3 is 19.9 Å². The van der Waals surface area contributed by atoms with E-state index in [-0.39, 0.29) is 12.0 Å². The highest BCUT2D eigenvalue weighted by Crippen LogP contribution is 2.21. The molecule has 0 aliphatic carbocycles. The van der Waals surface area contributed by atoms with E-state index >= 15 is 0 Å². The Bertz CT molecular complexity index is 458. The summed E-state index contributed by atoms with van der Waals surface area (Å²) in [6.45, 7) is 7.21. The molecular formula is C14H24N4O2. The zero-order valence-corrected chi connectivity index (χ0v) is 12.4. The van der Waals surface area contributed by atoms with Gasteiger partial charge in [-0.3, -0.25) is 0 Å². The molecule has 2 heterocycles. The van der Waals surface area contributed by atoms with E-state index < -0.39 is 6.09 Å². The first-order chi connectivity index (χ1) is 9.45. The number of nitrogens with zero attached hydrogens (tertiary/aromatic N) is 3. The maximum Gasteiger partial charge on any atom is 0.405 e. The number of rotatable bonds is 5. The van der Waals surface area contributed by atoms with E-state index in [9.17, 15) is 4.79 Å². The van der Waals surface area contributed by atoms with Crippen molar-refractivity contribution < 1.29 is 9.90 Å². The summed E-state index contributed by atoms with van der Waals surface area (Å²) in [5.41, 5.74) is 0.800. The molecule has 2 rings (SSSR count). The Kier molecular flexibility index (Phi) is 4.65. The van der Waals surface area contributed by atoms with Crippen molar-refractivity contribution in [3.05, 3.63) is 18.2 Å². The van der Waals surface area contributed by atoms with Crippen LogP contribution >= 0.6 is 0 Å². The monoisotopic (exact) mass is 280 g/mol. The summed E-state index contributed by atoms with van der Waals surface area (Å²) in [5, 5.41) is 11.5. The molecule has 0 saturated carbocycles. The fourth-order valence-corrected chi connectivity index (χ4v) is 2.83. The van der Waals surface area contributed by atoms with Crippen LogP contribution in [0.15, 0.2) is 12.5 Å². The van der Waals surface area contributed by atoms with Crippen LogP contribution in [0.5, 0.6) is 0 Å². The third kappa shape index (κ3) is 3.72. The van der Waals surface area contributed by atoms with Crippen LogP contribution in [-0.4, -0.2) is 45.8 Å². The molecule has 1 saturated heterocycles. The van der Waals surface area contributed by atoms with Gasteiger partial charge in [-0.05, 0) is 31.8 Å². The first kappa shape index (κ1) is 14.8. The highest BCUT2D eigenvalue weighted by molar-refractivity contribution is 5.65. The lowest BCUT2D eigenvalue weighted by molar-refractivity contribution is 0.185. The third-order valence-electron chi connectivity index (χ3n) is 3.88. The molecule has 6 heteroatoms. The lowest BCUT2D eigenvalue weighted by Gasteiger charge is -2.18. The molecule has 1 aliphatic rings. The Labute approximate surface area is 119 Å². The largest absolute Gasteiger partial charge is 0.465 e. The van der Waals surface area contributed by atoms with Crippen LogP contribution < -0.4 is 5.32 Å². The molecule has 2 atom stereocenters. The van der Waals surface area contributed by atoms with Crippen LogP contribution in [-0.2, 0) is 6.54 Å². The quantitative estimate of drug-likeness (QED) is 0.863. The summed E-state index contributed by atoms with van der Waals surface area (Å²) in [5.74, 6) is 0.832. The highest BCUT2D eigenvalue weighted by Gasteiger charge is 2.22. The molecule has 1 aromatic heterocycles. The topological polar surface area (TPSA) is 70.4 Å². The second kappa shape index (κ2) is 6.26. The average Bonchev–Trinajstić information content (AvgIpc) is 2.96. The fourth-order valence-electron chi connectivity index (χ4n) is 2.83. The Morgan fingerprint density at radius 1 is 1.60 bits per heavy atom. The number of aromatic nitrogens is 2. The summed E-state index contributed by atoms with van der Waals surface area (Å²) >= 11 is 0. The van der Waals surface area contributed by atoms with Crippen molar-refractivity contribution in [3.8, 4) is 0 Å². The standard InChI is InChI=1S/C14H24N4O2/c1-10(2)13(16-14(19)20)12-8-18(9-15-12)7-11-4-5-17(3)6-11/h8-11,13,16H,4-7H2,1-3H3,(H,19,20)/t11-,13?/m1/s1. The minimum absolute atomic E-state index is 0.173. The van der Waals surface area contributed by atoms with Gasteiger partial charge in [0.15, 0.2) is 0 Å². The SMILES string of the molecule is CC(C)C(NC(=O)O)c1cn(C[C@@H]2CCN(C)C2)cn1. The van der Waals surface area contributed by atoms with Crippen molar-refractivity contribution in [1.29, 1.82) is 0 Å². The van der Waals surface area contributed by atoms with Crippen LogP contribution in [0.1, 0.15) is 32.0 Å². The van der Waals surface area contributed by atoms with E-state index in [2.05, 4.69) is 26.8 Å². The number of likely N-dealkylation sites (tertiary alicyclic amines) is 1. The fraction of sp³-hybridized carbons (Fsp3) is 0.714. The van der Waals surface area contributed by atoms with E-state index in [1.807, 2.05) is 26.4 Å². The lowest BCUT2D eigenvalue weighted by atomic mass is 10.0. The third-order valence-corrected chi connectivity index (χ3v) is 3.88. The predicted octanol–water partition coefficient (Wildman–Crippen LogP) is 1.80. The Morgan fingerprint density at radius 3 is 2.90 bits per heavy atom. The molecule has 0 aromatic carbocycles. The number of hydrogen-bond acceptors (Lipinski definition) is 3. The summed E-state index contributed by atoms with van der Waals surface area (Å²) in [6.07, 6.45) is 3.99. The van der Waals surface area contributed by atoms with E-state index in [4.69, 9.17) is 5.11 Å². The first-order valence-electron chi connectivity index (χ1n) is 7.15. The van der Waals surface area contributed by atoms with Crippen molar-refractivity contribution >= 4 is 6.09 Å². The van der Waals surface area contributed by atoms with Gasteiger partial charge in [0.2, 0.25) is 0 Å². The maximum absolute atomic E-state index is 10.9. The Morgan fingerprint density at radius 2 is 2.35 bits per heavy atom. The van der Waals surface area contributed by atoms with Crippen molar-refractivity contribution in [2.45, 2.75) is 32.9 Å². The number of nitrogens with one attached hydrogen (secondary N) is 1. The zero-order chi connectivity index (χ0) is 14.7. The number of carboxylic acid groups (broad SMARTS) is 1. The normalized spacial score (nSPS) is 21.3. The summed E-state index contributed by atoms with van der Waals surface area (Å²) < 4.78 is 2.08. The van der Waals surface area contributed by atoms with Crippen molar-refractivity contribution in [3.63, 3.8) is 0 Å². The molecule has 20 heavy (non-hydrogen) atoms. The van der Waals surface area contributed by atoms with Crippen molar-refractivity contribution in [2.75, 3.05) is 20.1 Å². The zero-order valence-electron chi connectivity index (χ0n) is 12.4. The van der Waals surface area contributed by atoms with Crippen molar-refractivity contribution in [1.82, 2.24) is 19.8 Å². The van der Waals surface area contributed by atoms with Crippen molar-refractivity contribution in [2.24, 2.45) is 11.8 Å². The van der Waals surface area contributed by atoms with E-state index in [1.54, 1.807) is 0 Å². The Hall–Kier alpha value is -1.56.